The third-order valence-corrected chi connectivity index (χ3v) is 7.13. The molecule has 1 aromatic heterocycles. The van der Waals surface area contributed by atoms with Gasteiger partial charge in [-0.1, -0.05) is 0 Å². The van der Waals surface area contributed by atoms with E-state index in [4.69, 9.17) is 5.11 Å². The highest BCUT2D eigenvalue weighted by molar-refractivity contribution is 9.11. The summed E-state index contributed by atoms with van der Waals surface area (Å²) in [5, 5.41) is 8.82. The van der Waals surface area contributed by atoms with Gasteiger partial charge in [0.1, 0.15) is 0 Å². The number of halogens is 1. The number of nitrogens with zero attached hydrogens (tertiary/aromatic N) is 2. The standard InChI is InChI=1S/C12H19BrN2O3S2/c1-10-11(9-12(13)19-10)20(17,18)15-6-4-14(5-7-15)3-2-8-16/h9,16H,2-8H2,1H3. The first-order valence-electron chi connectivity index (χ1n) is 6.54. The molecule has 5 nitrogen and oxygen atoms in total. The Morgan fingerprint density at radius 3 is 2.50 bits per heavy atom. The van der Waals surface area contributed by atoms with E-state index in [0.29, 0.717) is 18.0 Å². The highest BCUT2D eigenvalue weighted by Gasteiger charge is 2.30. The summed E-state index contributed by atoms with van der Waals surface area (Å²) in [6.45, 7) is 5.32. The quantitative estimate of drug-likeness (QED) is 0.838. The molecule has 0 aromatic carbocycles. The van der Waals surface area contributed by atoms with Crippen molar-refractivity contribution in [3.8, 4) is 0 Å². The second-order valence-corrected chi connectivity index (χ2v) is 9.34. The Balaban J connectivity index is 2.04. The first kappa shape index (κ1) is 16.4. The van der Waals surface area contributed by atoms with Crippen LogP contribution < -0.4 is 0 Å². The van der Waals surface area contributed by atoms with Crippen LogP contribution in [0.2, 0.25) is 0 Å². The van der Waals surface area contributed by atoms with Gasteiger partial charge in [0.2, 0.25) is 10.0 Å². The molecule has 114 valence electrons. The first-order valence-corrected chi connectivity index (χ1v) is 9.59. The molecule has 0 radical (unpaired) electrons. The van der Waals surface area contributed by atoms with Crippen LogP contribution in [0.5, 0.6) is 0 Å². The Labute approximate surface area is 132 Å². The van der Waals surface area contributed by atoms with Crippen molar-refractivity contribution in [1.82, 2.24) is 9.21 Å². The second-order valence-electron chi connectivity index (χ2n) is 4.79. The molecule has 0 aliphatic carbocycles. The molecule has 1 fully saturated rings. The molecule has 1 aliphatic heterocycles. The molecule has 0 saturated carbocycles. The largest absolute Gasteiger partial charge is 0.396 e. The van der Waals surface area contributed by atoms with E-state index in [-0.39, 0.29) is 6.61 Å². The summed E-state index contributed by atoms with van der Waals surface area (Å²) in [7, 11) is -3.38. The molecule has 0 unspecified atom stereocenters. The second kappa shape index (κ2) is 6.85. The zero-order valence-electron chi connectivity index (χ0n) is 11.4. The van der Waals surface area contributed by atoms with Gasteiger partial charge in [-0.3, -0.25) is 0 Å². The first-order chi connectivity index (χ1) is 9.45. The van der Waals surface area contributed by atoms with Gasteiger partial charge >= 0.3 is 0 Å². The zero-order valence-corrected chi connectivity index (χ0v) is 14.6. The average Bonchev–Trinajstić information content (AvgIpc) is 2.76. The number of aliphatic hydroxyl groups excluding tert-OH is 1. The van der Waals surface area contributed by atoms with E-state index in [1.807, 2.05) is 6.92 Å². The van der Waals surface area contributed by atoms with Gasteiger partial charge in [0, 0.05) is 44.2 Å². The Bertz CT molecular complexity index is 551. The Morgan fingerprint density at radius 2 is 2.00 bits per heavy atom. The van der Waals surface area contributed by atoms with Crippen LogP contribution in [0.3, 0.4) is 0 Å². The van der Waals surface area contributed by atoms with Crippen molar-refractivity contribution in [2.75, 3.05) is 39.3 Å². The van der Waals surface area contributed by atoms with Crippen molar-refractivity contribution < 1.29 is 13.5 Å². The van der Waals surface area contributed by atoms with Crippen LogP contribution >= 0.6 is 27.3 Å². The normalized spacial score (nSPS) is 18.6. The molecule has 1 N–H and O–H groups in total. The van der Waals surface area contributed by atoms with E-state index in [9.17, 15) is 8.42 Å². The fourth-order valence-corrected chi connectivity index (χ4v) is 6.12. The minimum Gasteiger partial charge on any atom is -0.396 e. The number of hydrogen-bond acceptors (Lipinski definition) is 5. The minimum atomic E-state index is -3.38. The van der Waals surface area contributed by atoms with E-state index in [2.05, 4.69) is 20.8 Å². The number of rotatable bonds is 5. The van der Waals surface area contributed by atoms with Crippen LogP contribution in [-0.2, 0) is 10.0 Å². The topological polar surface area (TPSA) is 60.9 Å². The highest BCUT2D eigenvalue weighted by Crippen LogP contribution is 2.31. The molecule has 0 bridgehead atoms. The van der Waals surface area contributed by atoms with Gasteiger partial charge < -0.3 is 10.0 Å². The molecular weight excluding hydrogens is 364 g/mol. The van der Waals surface area contributed by atoms with E-state index in [1.165, 1.54) is 11.3 Å². The number of aliphatic hydroxyl groups is 1. The molecular formula is C12H19BrN2O3S2. The van der Waals surface area contributed by atoms with E-state index in [0.717, 1.165) is 34.7 Å². The van der Waals surface area contributed by atoms with Crippen LogP contribution in [0.25, 0.3) is 0 Å². The highest BCUT2D eigenvalue weighted by atomic mass is 79.9. The summed E-state index contributed by atoms with van der Waals surface area (Å²) in [4.78, 5) is 3.43. The van der Waals surface area contributed by atoms with Crippen molar-refractivity contribution in [2.24, 2.45) is 0 Å². The zero-order chi connectivity index (χ0) is 14.8. The van der Waals surface area contributed by atoms with E-state index < -0.39 is 10.0 Å². The molecule has 1 aliphatic rings. The third kappa shape index (κ3) is 3.61. The summed E-state index contributed by atoms with van der Waals surface area (Å²) >= 11 is 4.79. The maximum absolute atomic E-state index is 12.6. The lowest BCUT2D eigenvalue weighted by molar-refractivity contribution is 0.171. The molecule has 8 heteroatoms. The fourth-order valence-electron chi connectivity index (χ4n) is 2.31. The summed E-state index contributed by atoms with van der Waals surface area (Å²) in [6, 6.07) is 1.69. The van der Waals surface area contributed by atoms with Gasteiger partial charge in [0.15, 0.2) is 0 Å². The van der Waals surface area contributed by atoms with Crippen LogP contribution in [0.1, 0.15) is 11.3 Å². The molecule has 0 atom stereocenters. The van der Waals surface area contributed by atoms with Crippen LogP contribution in [-0.4, -0.2) is 62.1 Å². The molecule has 0 amide bonds. The SMILES string of the molecule is Cc1sc(Br)cc1S(=O)(=O)N1CCN(CCCO)CC1. The molecule has 0 spiro atoms. The van der Waals surface area contributed by atoms with Gasteiger partial charge in [0.25, 0.3) is 0 Å². The van der Waals surface area contributed by atoms with E-state index in [1.54, 1.807) is 10.4 Å². The minimum absolute atomic E-state index is 0.181. The maximum Gasteiger partial charge on any atom is 0.244 e. The lowest BCUT2D eigenvalue weighted by Gasteiger charge is -2.33. The molecule has 2 heterocycles. The predicted octanol–water partition coefficient (Wildman–Crippen LogP) is 1.51. The fraction of sp³-hybridized carbons (Fsp3) is 0.667. The predicted molar refractivity (Wildman–Crippen MR) is 83.7 cm³/mol. The van der Waals surface area contributed by atoms with Gasteiger partial charge in [-0.05, 0) is 35.3 Å². The summed E-state index contributed by atoms with van der Waals surface area (Å²) in [5.74, 6) is 0. The number of thiophene rings is 1. The number of aryl methyl sites for hydroxylation is 1. The van der Waals surface area contributed by atoms with Crippen molar-refractivity contribution >= 4 is 37.3 Å². The van der Waals surface area contributed by atoms with Crippen LogP contribution in [0.4, 0.5) is 0 Å². The summed E-state index contributed by atoms with van der Waals surface area (Å²) in [6.07, 6.45) is 0.739. The van der Waals surface area contributed by atoms with Gasteiger partial charge in [-0.2, -0.15) is 4.31 Å². The summed E-state index contributed by atoms with van der Waals surface area (Å²) < 4.78 is 27.6. The lowest BCUT2D eigenvalue weighted by atomic mass is 10.3. The lowest BCUT2D eigenvalue weighted by Crippen LogP contribution is -2.48. The van der Waals surface area contributed by atoms with Crippen molar-refractivity contribution in [2.45, 2.75) is 18.2 Å². The van der Waals surface area contributed by atoms with Crippen LogP contribution in [0, 0.1) is 6.92 Å². The Hall–Kier alpha value is 0.01000. The van der Waals surface area contributed by atoms with E-state index >= 15 is 0 Å². The molecule has 1 saturated heterocycles. The maximum atomic E-state index is 12.6. The van der Waals surface area contributed by atoms with Crippen molar-refractivity contribution in [1.29, 1.82) is 0 Å². The van der Waals surface area contributed by atoms with Crippen molar-refractivity contribution in [3.63, 3.8) is 0 Å². The van der Waals surface area contributed by atoms with Crippen LogP contribution in [0.15, 0.2) is 14.7 Å². The molecule has 1 aromatic rings. The third-order valence-electron chi connectivity index (χ3n) is 3.42. The van der Waals surface area contributed by atoms with Gasteiger partial charge in [0.05, 0.1) is 8.68 Å². The van der Waals surface area contributed by atoms with Gasteiger partial charge in [-0.15, -0.1) is 11.3 Å². The Kier molecular flexibility index (Phi) is 5.61. The molecule has 2 rings (SSSR count). The molecule has 20 heavy (non-hydrogen) atoms. The van der Waals surface area contributed by atoms with Gasteiger partial charge in [-0.25, -0.2) is 8.42 Å². The summed E-state index contributed by atoms with van der Waals surface area (Å²) in [5.41, 5.74) is 0. The number of hydrogen-bond donors (Lipinski definition) is 1. The number of sulfonamides is 1. The average molecular weight is 383 g/mol. The number of piperazine rings is 1. The van der Waals surface area contributed by atoms with Crippen molar-refractivity contribution in [3.05, 3.63) is 14.7 Å². The smallest absolute Gasteiger partial charge is 0.244 e. The Morgan fingerprint density at radius 1 is 1.35 bits per heavy atom. The monoisotopic (exact) mass is 382 g/mol.